The van der Waals surface area contributed by atoms with Gasteiger partial charge in [-0.25, -0.2) is 4.98 Å². The van der Waals surface area contributed by atoms with Crippen LogP contribution in [0.2, 0.25) is 0 Å². The highest BCUT2D eigenvalue weighted by Gasteiger charge is 2.09. The van der Waals surface area contributed by atoms with Gasteiger partial charge in [-0.3, -0.25) is 4.79 Å². The molecule has 0 aliphatic carbocycles. The van der Waals surface area contributed by atoms with Gasteiger partial charge in [0.15, 0.2) is 11.3 Å². The summed E-state index contributed by atoms with van der Waals surface area (Å²) in [4.78, 5) is 17.1. The number of rotatable bonds is 8. The average molecular weight is 492 g/mol. The van der Waals surface area contributed by atoms with Crippen molar-refractivity contribution in [3.63, 3.8) is 0 Å². The molecule has 3 aromatic heterocycles. The standard InChI is InChI=1S/C28H21N5O4/c34-26-14-23(15-28-30-32-33-31-28)37-27-13-18(5-12-24(26)27)16-35-21-8-10-22(11-9-21)36-17-20-7-6-19-3-1-2-4-25(19)29-20/h1-14H,15-17H2,(H,30,31,32,33). The summed E-state index contributed by atoms with van der Waals surface area (Å²) < 4.78 is 17.7. The van der Waals surface area contributed by atoms with Crippen LogP contribution in [0.4, 0.5) is 0 Å². The molecule has 37 heavy (non-hydrogen) atoms. The molecule has 0 amide bonds. The molecule has 6 aromatic rings. The van der Waals surface area contributed by atoms with Gasteiger partial charge >= 0.3 is 0 Å². The number of nitrogens with one attached hydrogen (secondary N) is 1. The lowest BCUT2D eigenvalue weighted by Gasteiger charge is -2.10. The molecule has 0 atom stereocenters. The van der Waals surface area contributed by atoms with Gasteiger partial charge in [-0.15, -0.1) is 10.2 Å². The summed E-state index contributed by atoms with van der Waals surface area (Å²) in [5.41, 5.74) is 3.04. The minimum atomic E-state index is -0.123. The molecular formula is C28H21N5O4. The maximum atomic E-state index is 12.5. The van der Waals surface area contributed by atoms with Crippen LogP contribution in [-0.2, 0) is 19.6 Å². The number of aromatic amines is 1. The SMILES string of the molecule is O=c1cc(Cc2nn[nH]n2)oc2cc(COc3ccc(OCc4ccc5ccccc5n4)cc3)ccc12. The van der Waals surface area contributed by atoms with Crippen molar-refractivity contribution in [2.75, 3.05) is 0 Å². The van der Waals surface area contributed by atoms with Crippen LogP contribution in [0.1, 0.15) is 22.8 Å². The molecular weight excluding hydrogens is 470 g/mol. The van der Waals surface area contributed by atoms with Crippen molar-refractivity contribution in [3.05, 3.63) is 118 Å². The molecule has 0 aliphatic rings. The predicted octanol–water partition coefficient (Wildman–Crippen LogP) is 4.60. The lowest BCUT2D eigenvalue weighted by atomic mass is 10.1. The number of tetrazole rings is 1. The number of pyridine rings is 1. The minimum Gasteiger partial charge on any atom is -0.489 e. The zero-order valence-electron chi connectivity index (χ0n) is 19.6. The zero-order valence-corrected chi connectivity index (χ0v) is 19.6. The summed E-state index contributed by atoms with van der Waals surface area (Å²) in [6.07, 6.45) is 0.272. The van der Waals surface area contributed by atoms with Crippen molar-refractivity contribution >= 4 is 21.9 Å². The van der Waals surface area contributed by atoms with Gasteiger partial charge in [0.05, 0.1) is 23.0 Å². The lowest BCUT2D eigenvalue weighted by Crippen LogP contribution is -2.04. The molecule has 0 saturated carbocycles. The van der Waals surface area contributed by atoms with Gasteiger partial charge in [0.1, 0.15) is 36.1 Å². The average Bonchev–Trinajstić information content (AvgIpc) is 3.44. The van der Waals surface area contributed by atoms with Crippen LogP contribution in [0.15, 0.2) is 94.1 Å². The Morgan fingerprint density at radius 2 is 1.65 bits per heavy atom. The summed E-state index contributed by atoms with van der Waals surface area (Å²) in [6, 6.07) is 26.3. The van der Waals surface area contributed by atoms with Crippen molar-refractivity contribution in [1.82, 2.24) is 25.6 Å². The number of aromatic nitrogens is 5. The fraction of sp³-hybridized carbons (Fsp3) is 0.107. The predicted molar refractivity (Wildman–Crippen MR) is 136 cm³/mol. The Kier molecular flexibility index (Phi) is 6.00. The third-order valence-electron chi connectivity index (χ3n) is 5.84. The van der Waals surface area contributed by atoms with E-state index in [-0.39, 0.29) is 11.8 Å². The topological polar surface area (TPSA) is 116 Å². The van der Waals surface area contributed by atoms with E-state index < -0.39 is 0 Å². The maximum Gasteiger partial charge on any atom is 0.192 e. The normalized spacial score (nSPS) is 11.1. The number of ether oxygens (including phenoxy) is 2. The number of fused-ring (bicyclic) bond motifs is 2. The Morgan fingerprint density at radius 1 is 0.838 bits per heavy atom. The Bertz CT molecular complexity index is 1730. The Labute approximate surface area is 210 Å². The van der Waals surface area contributed by atoms with E-state index in [2.05, 4.69) is 25.6 Å². The second-order valence-corrected chi connectivity index (χ2v) is 8.46. The molecule has 1 N–H and O–H groups in total. The van der Waals surface area contributed by atoms with Gasteiger partial charge in [0.25, 0.3) is 0 Å². The van der Waals surface area contributed by atoms with Gasteiger partial charge in [-0.05, 0) is 54.1 Å². The number of nitrogens with zero attached hydrogens (tertiary/aromatic N) is 4. The highest BCUT2D eigenvalue weighted by molar-refractivity contribution is 5.78. The number of hydrogen-bond acceptors (Lipinski definition) is 8. The smallest absolute Gasteiger partial charge is 0.192 e. The van der Waals surface area contributed by atoms with Gasteiger partial charge in [0, 0.05) is 11.5 Å². The van der Waals surface area contributed by atoms with Crippen LogP contribution in [0.3, 0.4) is 0 Å². The first-order chi connectivity index (χ1) is 18.2. The summed E-state index contributed by atoms with van der Waals surface area (Å²) in [6.45, 7) is 0.692. The first kappa shape index (κ1) is 22.4. The van der Waals surface area contributed by atoms with Gasteiger partial charge in [-0.1, -0.05) is 35.5 Å². The Morgan fingerprint density at radius 3 is 2.46 bits per heavy atom. The second kappa shape index (κ2) is 9.90. The quantitative estimate of drug-likeness (QED) is 0.328. The van der Waals surface area contributed by atoms with Crippen molar-refractivity contribution in [1.29, 1.82) is 0 Å². The Balaban J connectivity index is 1.09. The molecule has 3 heterocycles. The van der Waals surface area contributed by atoms with Crippen molar-refractivity contribution in [2.45, 2.75) is 19.6 Å². The molecule has 0 fully saturated rings. The summed E-state index contributed by atoms with van der Waals surface area (Å²) in [7, 11) is 0. The monoisotopic (exact) mass is 491 g/mol. The van der Waals surface area contributed by atoms with Crippen LogP contribution < -0.4 is 14.9 Å². The third-order valence-corrected chi connectivity index (χ3v) is 5.84. The summed E-state index contributed by atoms with van der Waals surface area (Å²) in [5.74, 6) is 2.34. The van der Waals surface area contributed by atoms with E-state index in [1.165, 1.54) is 6.07 Å². The third kappa shape index (κ3) is 5.15. The zero-order chi connectivity index (χ0) is 25.0. The molecule has 0 spiro atoms. The van der Waals surface area contributed by atoms with Crippen molar-refractivity contribution < 1.29 is 13.9 Å². The van der Waals surface area contributed by atoms with Crippen molar-refractivity contribution in [3.8, 4) is 11.5 Å². The molecule has 0 radical (unpaired) electrons. The van der Waals surface area contributed by atoms with E-state index in [4.69, 9.17) is 13.9 Å². The van der Waals surface area contributed by atoms with Crippen LogP contribution >= 0.6 is 0 Å². The first-order valence-corrected chi connectivity index (χ1v) is 11.7. The number of H-pyrrole nitrogens is 1. The second-order valence-electron chi connectivity index (χ2n) is 8.46. The van der Waals surface area contributed by atoms with E-state index in [9.17, 15) is 4.79 Å². The van der Waals surface area contributed by atoms with E-state index >= 15 is 0 Å². The molecule has 9 heteroatoms. The minimum absolute atomic E-state index is 0.123. The fourth-order valence-electron chi connectivity index (χ4n) is 3.98. The first-order valence-electron chi connectivity index (χ1n) is 11.7. The molecule has 0 bridgehead atoms. The molecule has 9 nitrogen and oxygen atoms in total. The van der Waals surface area contributed by atoms with Crippen LogP contribution in [0.25, 0.3) is 21.9 Å². The lowest BCUT2D eigenvalue weighted by molar-refractivity contribution is 0.295. The number of para-hydroxylation sites is 1. The molecule has 6 rings (SSSR count). The highest BCUT2D eigenvalue weighted by Crippen LogP contribution is 2.22. The van der Waals surface area contributed by atoms with Gasteiger partial charge < -0.3 is 13.9 Å². The summed E-state index contributed by atoms with van der Waals surface area (Å²) >= 11 is 0. The number of hydrogen-bond donors (Lipinski definition) is 1. The van der Waals surface area contributed by atoms with Gasteiger partial charge in [0.2, 0.25) is 0 Å². The van der Waals surface area contributed by atoms with Crippen LogP contribution in [0, 0.1) is 0 Å². The highest BCUT2D eigenvalue weighted by atomic mass is 16.5. The maximum absolute atomic E-state index is 12.5. The van der Waals surface area contributed by atoms with Gasteiger partial charge in [-0.2, -0.15) is 5.21 Å². The molecule has 3 aromatic carbocycles. The van der Waals surface area contributed by atoms with E-state index in [1.54, 1.807) is 6.07 Å². The summed E-state index contributed by atoms with van der Waals surface area (Å²) in [5, 5.41) is 15.3. The van der Waals surface area contributed by atoms with E-state index in [0.29, 0.717) is 41.5 Å². The van der Waals surface area contributed by atoms with E-state index in [0.717, 1.165) is 27.9 Å². The molecule has 0 unspecified atom stereocenters. The van der Waals surface area contributed by atoms with E-state index in [1.807, 2.05) is 72.8 Å². The van der Waals surface area contributed by atoms with Crippen LogP contribution in [0.5, 0.6) is 11.5 Å². The van der Waals surface area contributed by atoms with Crippen molar-refractivity contribution in [2.24, 2.45) is 0 Å². The molecule has 182 valence electrons. The van der Waals surface area contributed by atoms with Crippen LogP contribution in [-0.4, -0.2) is 25.6 Å². The molecule has 0 saturated heterocycles. The largest absolute Gasteiger partial charge is 0.489 e. The molecule has 0 aliphatic heterocycles. The Hall–Kier alpha value is -5.05. The number of benzene rings is 3. The fourth-order valence-corrected chi connectivity index (χ4v) is 3.98.